The molecule has 0 unspecified atom stereocenters. The molecule has 16 heavy (non-hydrogen) atoms. The molecule has 0 fully saturated rings. The minimum Gasteiger partial charge on any atom is -0.463 e. The van der Waals surface area contributed by atoms with Gasteiger partial charge in [0, 0.05) is 18.1 Å². The summed E-state index contributed by atoms with van der Waals surface area (Å²) >= 11 is 8.82. The summed E-state index contributed by atoms with van der Waals surface area (Å²) < 4.78 is 40.9. The third-order valence-electron chi connectivity index (χ3n) is 1.33. The molecule has 0 saturated heterocycles. The summed E-state index contributed by atoms with van der Waals surface area (Å²) in [5.41, 5.74) is -0.989. The zero-order chi connectivity index (χ0) is 13.0. The zero-order valence-corrected chi connectivity index (χ0v) is 12.8. The molecule has 0 rings (SSSR count). The molecule has 0 spiro atoms. The number of hydrogen-bond donors (Lipinski definition) is 0. The van der Waals surface area contributed by atoms with Crippen LogP contribution in [0.1, 0.15) is 13.3 Å². The highest BCUT2D eigenvalue weighted by Gasteiger charge is 2.38. The summed E-state index contributed by atoms with van der Waals surface area (Å²) in [6.07, 6.45) is -4.59. The van der Waals surface area contributed by atoms with E-state index >= 15 is 0 Å². The number of allylic oxidation sites excluding steroid dienone is 1. The first-order chi connectivity index (χ1) is 7.06. The zero-order valence-electron chi connectivity index (χ0n) is 8.08. The van der Waals surface area contributed by atoms with E-state index in [0.717, 1.165) is 0 Å². The fourth-order valence-corrected chi connectivity index (χ4v) is 1.68. The second kappa shape index (κ2) is 6.39. The van der Waals surface area contributed by atoms with Gasteiger partial charge in [-0.05, 0) is 6.92 Å². The van der Waals surface area contributed by atoms with Gasteiger partial charge in [-0.1, -0.05) is 47.8 Å². The molecule has 0 atom stereocenters. The number of hydrogen-bond acceptors (Lipinski definition) is 2. The molecule has 0 aliphatic heterocycles. The standard InChI is InChI=1S/C8H8Br3F3O2/c1-2-16-6(15)3-5(8(12,13)14)4-7(9,10)11/h3H,2,4H2,1H3. The number of rotatable bonds is 3. The average molecular weight is 433 g/mol. The minimum absolute atomic E-state index is 0.0303. The lowest BCUT2D eigenvalue weighted by molar-refractivity contribution is -0.138. The molecule has 0 radical (unpaired) electrons. The summed E-state index contributed by atoms with van der Waals surface area (Å²) in [6.45, 7) is 1.55. The van der Waals surface area contributed by atoms with E-state index in [9.17, 15) is 18.0 Å². The number of carbonyl (C=O) groups is 1. The van der Waals surface area contributed by atoms with Crippen molar-refractivity contribution in [3.63, 3.8) is 0 Å². The molecule has 8 heteroatoms. The summed E-state index contributed by atoms with van der Waals surface area (Å²) in [4.78, 5) is 10.9. The van der Waals surface area contributed by atoms with E-state index in [-0.39, 0.29) is 6.61 Å². The largest absolute Gasteiger partial charge is 0.463 e. The third kappa shape index (κ3) is 7.67. The maximum Gasteiger partial charge on any atom is 0.413 e. The van der Waals surface area contributed by atoms with E-state index in [0.29, 0.717) is 6.08 Å². The third-order valence-corrected chi connectivity index (χ3v) is 2.17. The molecule has 0 aromatic rings. The minimum atomic E-state index is -4.58. The van der Waals surface area contributed by atoms with Gasteiger partial charge in [-0.2, -0.15) is 13.2 Å². The molecule has 0 aromatic carbocycles. The van der Waals surface area contributed by atoms with E-state index in [4.69, 9.17) is 0 Å². The monoisotopic (exact) mass is 430 g/mol. The Bertz CT molecular complexity index is 281. The highest BCUT2D eigenvalue weighted by molar-refractivity contribution is 9.39. The highest BCUT2D eigenvalue weighted by Crippen LogP contribution is 2.43. The van der Waals surface area contributed by atoms with Crippen LogP contribution in [0, 0.1) is 0 Å². The maximum absolute atomic E-state index is 12.5. The summed E-state index contributed by atoms with van der Waals surface area (Å²) in [5.74, 6) is -1.01. The van der Waals surface area contributed by atoms with Gasteiger partial charge in [0.2, 0.25) is 0 Å². The Morgan fingerprint density at radius 1 is 1.31 bits per heavy atom. The van der Waals surface area contributed by atoms with E-state index < -0.39 is 26.3 Å². The second-order valence-electron chi connectivity index (χ2n) is 2.71. The number of ether oxygens (including phenoxy) is 1. The first kappa shape index (κ1) is 16.4. The Hall–Kier alpha value is 0.440. The molecule has 0 aliphatic carbocycles. The summed E-state index contributed by atoms with van der Waals surface area (Å²) in [5, 5.41) is 0. The smallest absolute Gasteiger partial charge is 0.413 e. The fraction of sp³-hybridized carbons (Fsp3) is 0.625. The number of carbonyl (C=O) groups excluding carboxylic acids is 1. The first-order valence-electron chi connectivity index (χ1n) is 4.07. The van der Waals surface area contributed by atoms with Crippen LogP contribution in [0.15, 0.2) is 11.6 Å². The average Bonchev–Trinajstić information content (AvgIpc) is 1.98. The van der Waals surface area contributed by atoms with Crippen molar-refractivity contribution >= 4 is 53.8 Å². The second-order valence-corrected chi connectivity index (χ2v) is 9.96. The molecule has 0 aromatic heterocycles. The van der Waals surface area contributed by atoms with Crippen LogP contribution >= 0.6 is 47.8 Å². The Kier molecular flexibility index (Phi) is 6.57. The molecule has 0 N–H and O–H groups in total. The molecule has 0 aliphatic rings. The molecule has 0 amide bonds. The predicted octanol–water partition coefficient (Wildman–Crippen LogP) is 4.27. The van der Waals surface area contributed by atoms with Gasteiger partial charge in [0.1, 0.15) is 2.14 Å². The van der Waals surface area contributed by atoms with Crippen molar-refractivity contribution in [3.8, 4) is 0 Å². The van der Waals surface area contributed by atoms with Crippen molar-refractivity contribution in [1.29, 1.82) is 0 Å². The molecular formula is C8H8Br3F3O2. The lowest BCUT2D eigenvalue weighted by Gasteiger charge is -2.17. The number of halogens is 6. The van der Waals surface area contributed by atoms with E-state index in [2.05, 4.69) is 52.5 Å². The van der Waals surface area contributed by atoms with Crippen LogP contribution in [0.4, 0.5) is 13.2 Å². The SMILES string of the molecule is CCOC(=O)C=C(CC(Br)(Br)Br)C(F)(F)F. The van der Waals surface area contributed by atoms with Crippen molar-refractivity contribution < 1.29 is 22.7 Å². The van der Waals surface area contributed by atoms with Crippen LogP contribution in [-0.4, -0.2) is 20.9 Å². The molecule has 0 saturated carbocycles. The Morgan fingerprint density at radius 2 is 1.81 bits per heavy atom. The van der Waals surface area contributed by atoms with Crippen LogP contribution in [0.3, 0.4) is 0 Å². The van der Waals surface area contributed by atoms with Gasteiger partial charge in [0.25, 0.3) is 0 Å². The van der Waals surface area contributed by atoms with Gasteiger partial charge in [0.05, 0.1) is 6.61 Å². The lowest BCUT2D eigenvalue weighted by Crippen LogP contribution is -2.18. The Balaban J connectivity index is 4.89. The maximum atomic E-state index is 12.5. The molecule has 94 valence electrons. The Morgan fingerprint density at radius 3 is 2.12 bits per heavy atom. The van der Waals surface area contributed by atoms with Gasteiger partial charge in [-0.15, -0.1) is 0 Å². The molecule has 2 nitrogen and oxygen atoms in total. The van der Waals surface area contributed by atoms with E-state index in [1.54, 1.807) is 0 Å². The van der Waals surface area contributed by atoms with Crippen LogP contribution in [-0.2, 0) is 9.53 Å². The van der Waals surface area contributed by atoms with Gasteiger partial charge < -0.3 is 4.74 Å². The molecule has 0 heterocycles. The summed E-state index contributed by atoms with van der Waals surface area (Å²) in [7, 11) is 0. The van der Waals surface area contributed by atoms with Gasteiger partial charge in [0.15, 0.2) is 0 Å². The first-order valence-corrected chi connectivity index (χ1v) is 6.45. The van der Waals surface area contributed by atoms with Gasteiger partial charge >= 0.3 is 12.1 Å². The van der Waals surface area contributed by atoms with Gasteiger partial charge in [-0.3, -0.25) is 0 Å². The molecular weight excluding hydrogens is 425 g/mol. The van der Waals surface area contributed by atoms with Crippen molar-refractivity contribution in [2.75, 3.05) is 6.61 Å². The van der Waals surface area contributed by atoms with E-state index in [1.165, 1.54) is 6.92 Å². The summed E-state index contributed by atoms with van der Waals surface area (Å²) in [6, 6.07) is 0. The van der Waals surface area contributed by atoms with Gasteiger partial charge in [-0.25, -0.2) is 4.79 Å². The van der Waals surface area contributed by atoms with Crippen molar-refractivity contribution in [1.82, 2.24) is 0 Å². The molecule has 0 bridgehead atoms. The van der Waals surface area contributed by atoms with Crippen LogP contribution in [0.2, 0.25) is 0 Å². The topological polar surface area (TPSA) is 26.3 Å². The van der Waals surface area contributed by atoms with E-state index in [1.807, 2.05) is 0 Å². The number of alkyl halides is 6. The fourth-order valence-electron chi connectivity index (χ4n) is 0.775. The Labute approximate surface area is 116 Å². The van der Waals surface area contributed by atoms with Crippen LogP contribution in [0.25, 0.3) is 0 Å². The van der Waals surface area contributed by atoms with Crippen LogP contribution in [0.5, 0.6) is 0 Å². The normalized spacial score (nSPS) is 13.8. The van der Waals surface area contributed by atoms with Crippen molar-refractivity contribution in [3.05, 3.63) is 11.6 Å². The van der Waals surface area contributed by atoms with Crippen molar-refractivity contribution in [2.45, 2.75) is 21.7 Å². The quantitative estimate of drug-likeness (QED) is 0.378. The lowest BCUT2D eigenvalue weighted by atomic mass is 10.2. The van der Waals surface area contributed by atoms with Crippen molar-refractivity contribution in [2.24, 2.45) is 0 Å². The predicted molar refractivity (Wildman–Crippen MR) is 64.9 cm³/mol. The number of esters is 1. The van der Waals surface area contributed by atoms with Crippen LogP contribution < -0.4 is 0 Å². The highest BCUT2D eigenvalue weighted by atomic mass is 80.0.